The lowest BCUT2D eigenvalue weighted by molar-refractivity contribution is 0.0268. The molecule has 0 saturated carbocycles. The third kappa shape index (κ3) is 7.31. The molecule has 1 aromatic carbocycles. The van der Waals surface area contributed by atoms with Crippen molar-refractivity contribution in [3.05, 3.63) is 29.8 Å². The summed E-state index contributed by atoms with van der Waals surface area (Å²) >= 11 is 0. The highest BCUT2D eigenvalue weighted by Crippen LogP contribution is 2.17. The first-order chi connectivity index (χ1) is 11.9. The normalized spacial score (nSPS) is 13.6. The molecule has 0 bridgehead atoms. The van der Waals surface area contributed by atoms with E-state index in [0.29, 0.717) is 24.6 Å². The van der Waals surface area contributed by atoms with Crippen LogP contribution in [-0.2, 0) is 21.3 Å². The van der Waals surface area contributed by atoms with Gasteiger partial charge in [-0.15, -0.1) is 0 Å². The van der Waals surface area contributed by atoms with E-state index in [1.807, 2.05) is 40.7 Å². The van der Waals surface area contributed by atoms with Crippen LogP contribution >= 0.6 is 0 Å². The number of aliphatic imine (C=N–C) groups is 1. The molecule has 7 nitrogen and oxygen atoms in total. The van der Waals surface area contributed by atoms with E-state index in [1.165, 1.54) is 0 Å². The molecule has 0 aliphatic heterocycles. The Hall–Kier alpha value is -1.64. The molecular formula is C18H32N4O3S. The van der Waals surface area contributed by atoms with Crippen molar-refractivity contribution in [3.63, 3.8) is 0 Å². The van der Waals surface area contributed by atoms with Gasteiger partial charge in [-0.25, -0.2) is 13.1 Å². The molecule has 0 unspecified atom stereocenters. The van der Waals surface area contributed by atoms with Crippen LogP contribution < -0.4 is 15.4 Å². The second-order valence-corrected chi connectivity index (χ2v) is 9.36. The number of nitrogens with one attached hydrogen (secondary N) is 3. The molecule has 0 fully saturated rings. The van der Waals surface area contributed by atoms with E-state index in [4.69, 9.17) is 4.74 Å². The second-order valence-electron chi connectivity index (χ2n) is 7.71. The summed E-state index contributed by atoms with van der Waals surface area (Å²) in [6.07, 6.45) is 0. The summed E-state index contributed by atoms with van der Waals surface area (Å²) in [5.74, 6) is 0.575. The van der Waals surface area contributed by atoms with E-state index < -0.39 is 15.6 Å². The van der Waals surface area contributed by atoms with Gasteiger partial charge in [-0.2, -0.15) is 0 Å². The lowest BCUT2D eigenvalue weighted by Crippen LogP contribution is -2.45. The van der Waals surface area contributed by atoms with E-state index >= 15 is 0 Å². The smallest absolute Gasteiger partial charge is 0.241 e. The number of nitrogens with zero attached hydrogens (tertiary/aromatic N) is 1. The summed E-state index contributed by atoms with van der Waals surface area (Å²) in [6.45, 7) is 10.3. The van der Waals surface area contributed by atoms with E-state index in [9.17, 15) is 8.42 Å². The van der Waals surface area contributed by atoms with Crippen LogP contribution in [0.3, 0.4) is 0 Å². The van der Waals surface area contributed by atoms with Gasteiger partial charge in [0.25, 0.3) is 0 Å². The largest absolute Gasteiger partial charge is 0.377 e. The lowest BCUT2D eigenvalue weighted by Gasteiger charge is -2.25. The number of methoxy groups -OCH3 is 1. The maximum Gasteiger partial charge on any atom is 0.241 e. The molecule has 0 amide bonds. The highest BCUT2D eigenvalue weighted by Gasteiger charge is 2.24. The molecule has 0 aromatic heterocycles. The Balaban J connectivity index is 2.89. The van der Waals surface area contributed by atoms with Gasteiger partial charge in [-0.3, -0.25) is 4.99 Å². The average Bonchev–Trinajstić information content (AvgIpc) is 2.53. The van der Waals surface area contributed by atoms with Crippen LogP contribution in [0.25, 0.3) is 0 Å². The average molecular weight is 385 g/mol. The van der Waals surface area contributed by atoms with Gasteiger partial charge in [0.05, 0.1) is 10.5 Å². The minimum absolute atomic E-state index is 0.259. The summed E-state index contributed by atoms with van der Waals surface area (Å²) in [4.78, 5) is 4.42. The number of ether oxygens (including phenoxy) is 1. The van der Waals surface area contributed by atoms with Crippen LogP contribution in [0.15, 0.2) is 34.2 Å². The van der Waals surface area contributed by atoms with Gasteiger partial charge in [0, 0.05) is 32.8 Å². The fraction of sp³-hybridized carbons (Fsp3) is 0.611. The van der Waals surface area contributed by atoms with Crippen LogP contribution in [0.5, 0.6) is 0 Å². The predicted octanol–water partition coefficient (Wildman–Crippen LogP) is 1.85. The van der Waals surface area contributed by atoms with Crippen LogP contribution in [0.1, 0.15) is 40.2 Å². The van der Waals surface area contributed by atoms with Crippen molar-refractivity contribution < 1.29 is 13.2 Å². The molecule has 0 spiro atoms. The number of guanidine groups is 1. The Morgan fingerprint density at radius 1 is 1.12 bits per heavy atom. The zero-order valence-corrected chi connectivity index (χ0v) is 17.6. The summed E-state index contributed by atoms with van der Waals surface area (Å²) in [5, 5.41) is 6.32. The molecule has 0 aliphatic carbocycles. The molecule has 1 aromatic rings. The van der Waals surface area contributed by atoms with E-state index in [0.717, 1.165) is 0 Å². The quantitative estimate of drug-likeness (QED) is 0.493. The first-order valence-corrected chi connectivity index (χ1v) is 10.00. The minimum Gasteiger partial charge on any atom is -0.377 e. The number of benzene rings is 1. The zero-order valence-electron chi connectivity index (χ0n) is 16.8. The van der Waals surface area contributed by atoms with Crippen LogP contribution in [-0.4, -0.2) is 46.2 Å². The van der Waals surface area contributed by atoms with Gasteiger partial charge in [-0.1, -0.05) is 18.2 Å². The molecule has 0 saturated heterocycles. The third-order valence-electron chi connectivity index (χ3n) is 3.61. The number of hydrogen-bond acceptors (Lipinski definition) is 4. The van der Waals surface area contributed by atoms with E-state index in [1.54, 1.807) is 32.4 Å². The summed E-state index contributed by atoms with van der Waals surface area (Å²) < 4.78 is 33.4. The summed E-state index contributed by atoms with van der Waals surface area (Å²) in [6, 6.07) is 6.93. The minimum atomic E-state index is -3.61. The van der Waals surface area contributed by atoms with Gasteiger partial charge in [-0.05, 0) is 46.2 Å². The van der Waals surface area contributed by atoms with Crippen LogP contribution in [0.4, 0.5) is 0 Å². The van der Waals surface area contributed by atoms with Gasteiger partial charge in [0.15, 0.2) is 5.96 Å². The molecule has 0 aliphatic rings. The van der Waals surface area contributed by atoms with E-state index in [-0.39, 0.29) is 10.5 Å². The summed E-state index contributed by atoms with van der Waals surface area (Å²) in [7, 11) is -0.293. The van der Waals surface area contributed by atoms with Gasteiger partial charge in [0.2, 0.25) is 10.0 Å². The highest BCUT2D eigenvalue weighted by atomic mass is 32.2. The number of sulfonamides is 1. The number of hydrogen-bond donors (Lipinski definition) is 3. The van der Waals surface area contributed by atoms with Crippen molar-refractivity contribution in [2.75, 3.05) is 20.7 Å². The monoisotopic (exact) mass is 384 g/mol. The van der Waals surface area contributed by atoms with Crippen molar-refractivity contribution in [1.82, 2.24) is 15.4 Å². The van der Waals surface area contributed by atoms with Crippen LogP contribution in [0.2, 0.25) is 0 Å². The van der Waals surface area contributed by atoms with Crippen molar-refractivity contribution in [2.24, 2.45) is 4.99 Å². The molecule has 0 radical (unpaired) electrons. The Kier molecular flexibility index (Phi) is 7.61. The van der Waals surface area contributed by atoms with Gasteiger partial charge >= 0.3 is 0 Å². The SMILES string of the molecule is CN=C(NCc1ccccc1S(=O)(=O)NC(C)(C)C)NCC(C)(C)OC. The maximum atomic E-state index is 12.7. The molecule has 1 rings (SSSR count). The highest BCUT2D eigenvalue weighted by molar-refractivity contribution is 7.89. The molecule has 148 valence electrons. The summed E-state index contributed by atoms with van der Waals surface area (Å²) in [5.41, 5.74) is -0.226. The molecule has 26 heavy (non-hydrogen) atoms. The molecule has 0 heterocycles. The predicted molar refractivity (Wildman–Crippen MR) is 106 cm³/mol. The molecule has 3 N–H and O–H groups in total. The van der Waals surface area contributed by atoms with Crippen molar-refractivity contribution in [3.8, 4) is 0 Å². The Labute approximate surface area is 157 Å². The third-order valence-corrected chi connectivity index (χ3v) is 5.47. The first kappa shape index (κ1) is 22.4. The topological polar surface area (TPSA) is 91.8 Å². The Bertz CT molecular complexity index is 722. The fourth-order valence-corrected chi connectivity index (χ4v) is 3.80. The standard InChI is InChI=1S/C18H32N4O3S/c1-17(2,3)22-26(23,24)15-11-9-8-10-14(15)12-20-16(19-6)21-13-18(4,5)25-7/h8-11,22H,12-13H2,1-7H3,(H2,19,20,21). The first-order valence-electron chi connectivity index (χ1n) is 8.52. The molecule has 0 atom stereocenters. The second kappa shape index (κ2) is 8.83. The Morgan fingerprint density at radius 2 is 1.73 bits per heavy atom. The fourth-order valence-electron chi connectivity index (χ4n) is 2.14. The van der Waals surface area contributed by atoms with Crippen molar-refractivity contribution in [2.45, 2.75) is 57.2 Å². The number of rotatable bonds is 7. The van der Waals surface area contributed by atoms with Crippen LogP contribution in [0, 0.1) is 0 Å². The van der Waals surface area contributed by atoms with Crippen molar-refractivity contribution in [1.29, 1.82) is 0 Å². The lowest BCUT2D eigenvalue weighted by atomic mass is 10.1. The zero-order chi connectivity index (χ0) is 20.0. The van der Waals surface area contributed by atoms with Gasteiger partial charge < -0.3 is 15.4 Å². The van der Waals surface area contributed by atoms with E-state index in [2.05, 4.69) is 20.3 Å². The molecular weight excluding hydrogens is 352 g/mol. The van der Waals surface area contributed by atoms with Gasteiger partial charge in [0.1, 0.15) is 0 Å². The Morgan fingerprint density at radius 3 is 2.27 bits per heavy atom. The van der Waals surface area contributed by atoms with Crippen molar-refractivity contribution >= 4 is 16.0 Å². The maximum absolute atomic E-state index is 12.7. The molecule has 8 heteroatoms.